The monoisotopic (exact) mass is 344 g/mol. The number of halogens is 1. The fourth-order valence-electron chi connectivity index (χ4n) is 1.96. The highest BCUT2D eigenvalue weighted by Crippen LogP contribution is 2.21. The number of hydrogen-bond donors (Lipinski definition) is 1. The molecule has 7 heteroatoms. The van der Waals surface area contributed by atoms with Crippen LogP contribution in [0.5, 0.6) is 0 Å². The highest BCUT2D eigenvalue weighted by molar-refractivity contribution is 7.16. The van der Waals surface area contributed by atoms with E-state index in [2.05, 4.69) is 15.5 Å². The first kappa shape index (κ1) is 15.5. The van der Waals surface area contributed by atoms with Gasteiger partial charge in [0.25, 0.3) is 5.91 Å². The zero-order valence-corrected chi connectivity index (χ0v) is 13.8. The van der Waals surface area contributed by atoms with Gasteiger partial charge in [0.15, 0.2) is 5.13 Å². The predicted molar refractivity (Wildman–Crippen MR) is 92.7 cm³/mol. The molecular weight excluding hydrogens is 332 g/mol. The van der Waals surface area contributed by atoms with Crippen molar-refractivity contribution in [3.63, 3.8) is 0 Å². The van der Waals surface area contributed by atoms with Gasteiger partial charge in [0.2, 0.25) is 0 Å². The van der Waals surface area contributed by atoms with Gasteiger partial charge in [-0.2, -0.15) is 5.10 Å². The lowest BCUT2D eigenvalue weighted by molar-refractivity contribution is 0.0958. The van der Waals surface area contributed by atoms with Crippen LogP contribution < -0.4 is 5.43 Å². The minimum absolute atomic E-state index is 0.290. The number of aromatic nitrogens is 2. The van der Waals surface area contributed by atoms with Crippen molar-refractivity contribution in [2.75, 3.05) is 0 Å². The molecule has 3 aromatic rings. The summed E-state index contributed by atoms with van der Waals surface area (Å²) >= 11 is 7.34. The standard InChI is InChI=1S/C16H13ClN4OS/c1-11-14(23-16(19-11)21-8-4-5-9-21)15(22)20-18-10-12-6-2-3-7-13(12)17/h2-10H,1H3,(H,20,22)/b18-10+. The van der Waals surface area contributed by atoms with Gasteiger partial charge in [-0.15, -0.1) is 0 Å². The number of aryl methyl sites for hydroxylation is 1. The summed E-state index contributed by atoms with van der Waals surface area (Å²) in [6, 6.07) is 11.1. The first-order chi connectivity index (χ1) is 11.1. The molecule has 0 aliphatic heterocycles. The van der Waals surface area contributed by atoms with Crippen LogP contribution in [0.2, 0.25) is 5.02 Å². The van der Waals surface area contributed by atoms with Crippen LogP contribution in [0.4, 0.5) is 0 Å². The van der Waals surface area contributed by atoms with E-state index in [-0.39, 0.29) is 5.91 Å². The summed E-state index contributed by atoms with van der Waals surface area (Å²) < 4.78 is 1.86. The minimum Gasteiger partial charge on any atom is -0.300 e. The highest BCUT2D eigenvalue weighted by Gasteiger charge is 2.15. The second-order valence-electron chi connectivity index (χ2n) is 4.72. The molecule has 0 saturated heterocycles. The molecule has 0 saturated carbocycles. The Balaban J connectivity index is 1.73. The van der Waals surface area contributed by atoms with Crippen molar-refractivity contribution in [1.82, 2.24) is 15.0 Å². The van der Waals surface area contributed by atoms with E-state index in [1.165, 1.54) is 17.6 Å². The van der Waals surface area contributed by atoms with Gasteiger partial charge in [-0.1, -0.05) is 41.1 Å². The molecule has 1 amide bonds. The summed E-state index contributed by atoms with van der Waals surface area (Å²) in [5, 5.41) is 5.28. The van der Waals surface area contributed by atoms with Gasteiger partial charge >= 0.3 is 0 Å². The number of carbonyl (C=O) groups is 1. The highest BCUT2D eigenvalue weighted by atomic mass is 35.5. The smallest absolute Gasteiger partial charge is 0.283 e. The molecule has 0 unspecified atom stereocenters. The van der Waals surface area contributed by atoms with Gasteiger partial charge in [0, 0.05) is 23.0 Å². The second-order valence-corrected chi connectivity index (χ2v) is 6.11. The second kappa shape index (κ2) is 6.76. The quantitative estimate of drug-likeness (QED) is 0.580. The lowest BCUT2D eigenvalue weighted by Crippen LogP contribution is -2.17. The number of nitrogens with zero attached hydrogens (tertiary/aromatic N) is 3. The molecule has 0 aliphatic rings. The molecule has 1 aromatic carbocycles. The van der Waals surface area contributed by atoms with Crippen molar-refractivity contribution in [3.05, 3.63) is 69.9 Å². The van der Waals surface area contributed by atoms with E-state index >= 15 is 0 Å². The molecule has 2 aromatic heterocycles. The molecule has 0 bridgehead atoms. The van der Waals surface area contributed by atoms with Crippen LogP contribution in [0, 0.1) is 6.92 Å². The molecule has 5 nitrogen and oxygen atoms in total. The van der Waals surface area contributed by atoms with E-state index < -0.39 is 0 Å². The Labute approximate surface area is 142 Å². The van der Waals surface area contributed by atoms with Crippen LogP contribution in [-0.2, 0) is 0 Å². The average Bonchev–Trinajstić information content (AvgIpc) is 3.18. The Morgan fingerprint density at radius 2 is 2.04 bits per heavy atom. The summed E-state index contributed by atoms with van der Waals surface area (Å²) in [6.45, 7) is 1.80. The van der Waals surface area contributed by atoms with Crippen LogP contribution >= 0.6 is 22.9 Å². The number of carbonyl (C=O) groups excluding carboxylic acids is 1. The number of hydrazone groups is 1. The molecule has 23 heavy (non-hydrogen) atoms. The lowest BCUT2D eigenvalue weighted by atomic mass is 10.2. The van der Waals surface area contributed by atoms with Crippen molar-refractivity contribution in [2.24, 2.45) is 5.10 Å². The predicted octanol–water partition coefficient (Wildman–Crippen LogP) is 3.66. The van der Waals surface area contributed by atoms with Gasteiger partial charge in [-0.3, -0.25) is 4.79 Å². The molecule has 116 valence electrons. The molecule has 2 heterocycles. The summed E-state index contributed by atoms with van der Waals surface area (Å²) in [7, 11) is 0. The Morgan fingerprint density at radius 3 is 2.78 bits per heavy atom. The largest absolute Gasteiger partial charge is 0.300 e. The van der Waals surface area contributed by atoms with E-state index in [4.69, 9.17) is 11.6 Å². The maximum Gasteiger partial charge on any atom is 0.283 e. The molecule has 0 atom stereocenters. The van der Waals surface area contributed by atoms with Crippen LogP contribution in [-0.4, -0.2) is 21.7 Å². The number of nitrogens with one attached hydrogen (secondary N) is 1. The van der Waals surface area contributed by atoms with Crippen LogP contribution in [0.25, 0.3) is 5.13 Å². The van der Waals surface area contributed by atoms with E-state index in [1.807, 2.05) is 47.3 Å². The number of hydrogen-bond acceptors (Lipinski definition) is 4. The molecular formula is C16H13ClN4OS. The van der Waals surface area contributed by atoms with Gasteiger partial charge in [0.05, 0.1) is 11.9 Å². The Kier molecular flexibility index (Phi) is 4.55. The number of benzene rings is 1. The van der Waals surface area contributed by atoms with Gasteiger partial charge < -0.3 is 4.57 Å². The third-order valence-corrected chi connectivity index (χ3v) is 4.61. The lowest BCUT2D eigenvalue weighted by Gasteiger charge is -1.98. The van der Waals surface area contributed by atoms with Crippen molar-refractivity contribution < 1.29 is 4.79 Å². The zero-order chi connectivity index (χ0) is 16.2. The maximum atomic E-state index is 12.2. The van der Waals surface area contributed by atoms with E-state index in [0.717, 1.165) is 10.7 Å². The topological polar surface area (TPSA) is 59.3 Å². The number of rotatable bonds is 4. The summed E-state index contributed by atoms with van der Waals surface area (Å²) in [4.78, 5) is 17.2. The fourth-order valence-corrected chi connectivity index (χ4v) is 3.06. The molecule has 0 spiro atoms. The van der Waals surface area contributed by atoms with Crippen molar-refractivity contribution in [2.45, 2.75) is 6.92 Å². The summed E-state index contributed by atoms with van der Waals surface area (Å²) in [5.41, 5.74) is 3.92. The van der Waals surface area contributed by atoms with Crippen molar-refractivity contribution >= 4 is 35.1 Å². The minimum atomic E-state index is -0.290. The SMILES string of the molecule is Cc1nc(-n2cccc2)sc1C(=O)N/N=C/c1ccccc1Cl. The normalized spacial score (nSPS) is 11.0. The average molecular weight is 345 g/mol. The number of amides is 1. The third-order valence-electron chi connectivity index (χ3n) is 3.09. The number of thiazole rings is 1. The van der Waals surface area contributed by atoms with Crippen LogP contribution in [0.1, 0.15) is 20.9 Å². The molecule has 0 radical (unpaired) electrons. The molecule has 0 fully saturated rings. The molecule has 0 aliphatic carbocycles. The Bertz CT molecular complexity index is 855. The first-order valence-corrected chi connectivity index (χ1v) is 8.03. The van der Waals surface area contributed by atoms with Crippen LogP contribution in [0.15, 0.2) is 53.9 Å². The molecule has 3 rings (SSSR count). The van der Waals surface area contributed by atoms with E-state index in [0.29, 0.717) is 15.6 Å². The third kappa shape index (κ3) is 3.49. The summed E-state index contributed by atoms with van der Waals surface area (Å²) in [6.07, 6.45) is 5.29. The molecule has 1 N–H and O–H groups in total. The maximum absolute atomic E-state index is 12.2. The zero-order valence-electron chi connectivity index (χ0n) is 12.2. The van der Waals surface area contributed by atoms with Crippen molar-refractivity contribution in [1.29, 1.82) is 0 Å². The van der Waals surface area contributed by atoms with Gasteiger partial charge in [-0.25, -0.2) is 10.4 Å². The van der Waals surface area contributed by atoms with Crippen molar-refractivity contribution in [3.8, 4) is 5.13 Å². The Hall–Kier alpha value is -2.44. The fraction of sp³-hybridized carbons (Fsp3) is 0.0625. The van der Waals surface area contributed by atoms with Crippen LogP contribution in [0.3, 0.4) is 0 Å². The van der Waals surface area contributed by atoms with E-state index in [9.17, 15) is 4.79 Å². The Morgan fingerprint density at radius 1 is 1.30 bits per heavy atom. The van der Waals surface area contributed by atoms with E-state index in [1.54, 1.807) is 13.0 Å². The van der Waals surface area contributed by atoms with Gasteiger partial charge in [-0.05, 0) is 25.1 Å². The van der Waals surface area contributed by atoms with Gasteiger partial charge in [0.1, 0.15) is 4.88 Å². The first-order valence-electron chi connectivity index (χ1n) is 6.84. The summed E-state index contributed by atoms with van der Waals surface area (Å²) in [5.74, 6) is -0.290.